The molecule has 0 amide bonds. The lowest BCUT2D eigenvalue weighted by Gasteiger charge is -2.29. The molecule has 0 aliphatic carbocycles. The third-order valence-electron chi connectivity index (χ3n) is 2.90. The largest absolute Gasteiger partial charge is 0.379 e. The zero-order chi connectivity index (χ0) is 11.1. The Labute approximate surface area is 92.7 Å². The summed E-state index contributed by atoms with van der Waals surface area (Å²) in [7, 11) is 3.81. The number of ether oxygens (including phenoxy) is 2. The van der Waals surface area contributed by atoms with Gasteiger partial charge in [-0.15, -0.1) is 0 Å². The third kappa shape index (κ3) is 4.93. The predicted molar refractivity (Wildman–Crippen MR) is 60.9 cm³/mol. The van der Waals surface area contributed by atoms with E-state index >= 15 is 0 Å². The van der Waals surface area contributed by atoms with Crippen molar-refractivity contribution in [2.24, 2.45) is 5.73 Å². The van der Waals surface area contributed by atoms with Gasteiger partial charge in [0.1, 0.15) is 0 Å². The van der Waals surface area contributed by atoms with Gasteiger partial charge < -0.3 is 20.1 Å². The van der Waals surface area contributed by atoms with Crippen molar-refractivity contribution in [1.29, 1.82) is 0 Å². The van der Waals surface area contributed by atoms with E-state index in [2.05, 4.69) is 11.9 Å². The van der Waals surface area contributed by atoms with E-state index in [-0.39, 0.29) is 6.10 Å². The van der Waals surface area contributed by atoms with Crippen LogP contribution in [0.2, 0.25) is 0 Å². The van der Waals surface area contributed by atoms with E-state index in [9.17, 15) is 0 Å². The molecule has 1 rings (SSSR count). The Bertz CT molecular complexity index is 157. The summed E-state index contributed by atoms with van der Waals surface area (Å²) in [5.74, 6) is 0. The van der Waals surface area contributed by atoms with E-state index in [0.29, 0.717) is 12.6 Å². The fraction of sp³-hybridized carbons (Fsp3) is 1.00. The normalized spacial score (nSPS) is 24.4. The van der Waals surface area contributed by atoms with Gasteiger partial charge in [0.05, 0.1) is 12.2 Å². The minimum atomic E-state index is 0.138. The van der Waals surface area contributed by atoms with Crippen molar-refractivity contribution in [2.45, 2.75) is 31.5 Å². The summed E-state index contributed by atoms with van der Waals surface area (Å²) in [5, 5.41) is 0. The smallest absolute Gasteiger partial charge is 0.0820 e. The van der Waals surface area contributed by atoms with Crippen molar-refractivity contribution in [3.05, 3.63) is 0 Å². The molecule has 0 spiro atoms. The quantitative estimate of drug-likeness (QED) is 0.701. The first-order valence-electron chi connectivity index (χ1n) is 5.79. The number of nitrogens with zero attached hydrogens (tertiary/aromatic N) is 1. The summed E-state index contributed by atoms with van der Waals surface area (Å²) in [4.78, 5) is 2.25. The zero-order valence-corrected chi connectivity index (χ0v) is 9.95. The highest BCUT2D eigenvalue weighted by Crippen LogP contribution is 2.13. The van der Waals surface area contributed by atoms with Crippen molar-refractivity contribution in [1.82, 2.24) is 4.90 Å². The lowest BCUT2D eigenvalue weighted by Crippen LogP contribution is -2.40. The van der Waals surface area contributed by atoms with Crippen LogP contribution in [0.1, 0.15) is 19.3 Å². The number of rotatable bonds is 6. The van der Waals surface area contributed by atoms with Crippen LogP contribution in [0.25, 0.3) is 0 Å². The second-order valence-corrected chi connectivity index (χ2v) is 4.30. The molecule has 2 atom stereocenters. The Morgan fingerprint density at radius 1 is 1.53 bits per heavy atom. The van der Waals surface area contributed by atoms with Gasteiger partial charge in [0.15, 0.2) is 0 Å². The van der Waals surface area contributed by atoms with Crippen LogP contribution in [0.5, 0.6) is 0 Å². The Morgan fingerprint density at radius 2 is 2.33 bits per heavy atom. The second kappa shape index (κ2) is 7.17. The van der Waals surface area contributed by atoms with Gasteiger partial charge in [-0.3, -0.25) is 0 Å². The molecule has 0 aromatic rings. The van der Waals surface area contributed by atoms with Crippen molar-refractivity contribution in [2.75, 3.05) is 40.4 Å². The molecule has 1 aliphatic rings. The molecule has 0 aromatic carbocycles. The Balaban J connectivity index is 2.18. The van der Waals surface area contributed by atoms with Crippen LogP contribution in [0, 0.1) is 0 Å². The Hall–Kier alpha value is -0.160. The molecule has 0 radical (unpaired) electrons. The van der Waals surface area contributed by atoms with Crippen molar-refractivity contribution < 1.29 is 9.47 Å². The number of hydrogen-bond acceptors (Lipinski definition) is 4. The molecule has 0 aromatic heterocycles. The summed E-state index contributed by atoms with van der Waals surface area (Å²) in [6.45, 7) is 3.36. The van der Waals surface area contributed by atoms with Gasteiger partial charge in [0.2, 0.25) is 0 Å². The molecular formula is C11H24N2O2. The van der Waals surface area contributed by atoms with Crippen LogP contribution in [0.3, 0.4) is 0 Å². The maximum absolute atomic E-state index is 5.68. The van der Waals surface area contributed by atoms with E-state index in [0.717, 1.165) is 19.7 Å². The SMILES string of the molecule is COC(CN)CN(C)CC1CCCCO1. The number of likely N-dealkylation sites (N-methyl/N-ethyl adjacent to an activating group) is 1. The first kappa shape index (κ1) is 12.9. The highest BCUT2D eigenvalue weighted by Gasteiger charge is 2.17. The summed E-state index contributed by atoms with van der Waals surface area (Å²) in [5.41, 5.74) is 5.58. The van der Waals surface area contributed by atoms with E-state index < -0.39 is 0 Å². The lowest BCUT2D eigenvalue weighted by molar-refractivity contribution is -0.0106. The van der Waals surface area contributed by atoms with Gasteiger partial charge in [0.25, 0.3) is 0 Å². The zero-order valence-electron chi connectivity index (χ0n) is 9.95. The summed E-state index contributed by atoms with van der Waals surface area (Å²) < 4.78 is 10.9. The minimum Gasteiger partial charge on any atom is -0.379 e. The predicted octanol–water partition coefficient (Wildman–Crippen LogP) is 0.461. The topological polar surface area (TPSA) is 47.7 Å². The Kier molecular flexibility index (Phi) is 6.17. The third-order valence-corrected chi connectivity index (χ3v) is 2.90. The summed E-state index contributed by atoms with van der Waals surface area (Å²) >= 11 is 0. The summed E-state index contributed by atoms with van der Waals surface area (Å²) in [6.07, 6.45) is 4.23. The molecular weight excluding hydrogens is 192 g/mol. The van der Waals surface area contributed by atoms with Crippen LogP contribution in [-0.2, 0) is 9.47 Å². The molecule has 90 valence electrons. The fourth-order valence-electron chi connectivity index (χ4n) is 1.97. The molecule has 0 bridgehead atoms. The first-order chi connectivity index (χ1) is 7.26. The molecule has 15 heavy (non-hydrogen) atoms. The van der Waals surface area contributed by atoms with Gasteiger partial charge in [-0.2, -0.15) is 0 Å². The average Bonchev–Trinajstić information content (AvgIpc) is 2.27. The van der Waals surface area contributed by atoms with Gasteiger partial charge in [0, 0.05) is 33.4 Å². The van der Waals surface area contributed by atoms with E-state index in [4.69, 9.17) is 15.2 Å². The molecule has 1 aliphatic heterocycles. The minimum absolute atomic E-state index is 0.138. The monoisotopic (exact) mass is 216 g/mol. The molecule has 4 nitrogen and oxygen atoms in total. The standard InChI is InChI=1S/C11H24N2O2/c1-13(9-11(7-12)14-2)8-10-5-3-4-6-15-10/h10-11H,3-9,12H2,1-2H3. The van der Waals surface area contributed by atoms with Crippen molar-refractivity contribution in [3.63, 3.8) is 0 Å². The van der Waals surface area contributed by atoms with Crippen LogP contribution >= 0.6 is 0 Å². The molecule has 2 N–H and O–H groups in total. The van der Waals surface area contributed by atoms with Crippen molar-refractivity contribution >= 4 is 0 Å². The number of methoxy groups -OCH3 is 1. The van der Waals surface area contributed by atoms with Crippen LogP contribution in [-0.4, -0.2) is 57.5 Å². The van der Waals surface area contributed by atoms with Crippen molar-refractivity contribution in [3.8, 4) is 0 Å². The van der Waals surface area contributed by atoms with E-state index in [1.807, 2.05) is 0 Å². The Morgan fingerprint density at radius 3 is 2.87 bits per heavy atom. The van der Waals surface area contributed by atoms with Crippen LogP contribution in [0.4, 0.5) is 0 Å². The van der Waals surface area contributed by atoms with Gasteiger partial charge in [-0.25, -0.2) is 0 Å². The molecule has 0 saturated carbocycles. The van der Waals surface area contributed by atoms with Crippen LogP contribution < -0.4 is 5.73 Å². The molecule has 2 unspecified atom stereocenters. The molecule has 1 fully saturated rings. The van der Waals surface area contributed by atoms with Gasteiger partial charge >= 0.3 is 0 Å². The lowest BCUT2D eigenvalue weighted by atomic mass is 10.1. The number of hydrogen-bond donors (Lipinski definition) is 1. The van der Waals surface area contributed by atoms with E-state index in [1.165, 1.54) is 19.3 Å². The first-order valence-corrected chi connectivity index (χ1v) is 5.79. The molecule has 1 heterocycles. The van der Waals surface area contributed by atoms with Gasteiger partial charge in [-0.1, -0.05) is 0 Å². The average molecular weight is 216 g/mol. The molecule has 4 heteroatoms. The van der Waals surface area contributed by atoms with Gasteiger partial charge in [-0.05, 0) is 26.3 Å². The maximum atomic E-state index is 5.68. The van der Waals surface area contributed by atoms with Crippen LogP contribution in [0.15, 0.2) is 0 Å². The highest BCUT2D eigenvalue weighted by atomic mass is 16.5. The van der Waals surface area contributed by atoms with E-state index in [1.54, 1.807) is 7.11 Å². The number of nitrogens with two attached hydrogens (primary N) is 1. The summed E-state index contributed by atoms with van der Waals surface area (Å²) in [6, 6.07) is 0. The fourth-order valence-corrected chi connectivity index (χ4v) is 1.97. The second-order valence-electron chi connectivity index (χ2n) is 4.30. The molecule has 1 saturated heterocycles. The highest BCUT2D eigenvalue weighted by molar-refractivity contribution is 4.70. The maximum Gasteiger partial charge on any atom is 0.0820 e.